The van der Waals surface area contributed by atoms with Crippen molar-refractivity contribution in [1.82, 2.24) is 20.1 Å². The Balaban J connectivity index is 0.00000320. The topological polar surface area (TPSA) is 138 Å². The molecule has 0 radical (unpaired) electrons. The van der Waals surface area contributed by atoms with Gasteiger partial charge in [-0.1, -0.05) is 11.6 Å². The van der Waals surface area contributed by atoms with Crippen LogP contribution in [0.5, 0.6) is 5.75 Å². The molecule has 0 atom stereocenters. The number of hydrogen-bond acceptors (Lipinski definition) is 7. The number of benzene rings is 1. The van der Waals surface area contributed by atoms with E-state index in [0.29, 0.717) is 16.7 Å². The van der Waals surface area contributed by atoms with Gasteiger partial charge >= 0.3 is 35.6 Å². The van der Waals surface area contributed by atoms with Crippen LogP contribution in [0.2, 0.25) is 5.02 Å². The Bertz CT molecular complexity index is 1130. The minimum atomic E-state index is -1.39. The molecule has 2 N–H and O–H groups in total. The summed E-state index contributed by atoms with van der Waals surface area (Å²) in [4.78, 5) is 39.1. The Labute approximate surface area is 197 Å². The normalized spacial score (nSPS) is 10.2. The summed E-state index contributed by atoms with van der Waals surface area (Å²) in [6.07, 6.45) is 1.35. The molecule has 0 aliphatic heterocycles. The number of urea groups is 1. The van der Waals surface area contributed by atoms with E-state index in [-0.39, 0.29) is 51.6 Å². The van der Waals surface area contributed by atoms with Crippen molar-refractivity contribution in [2.45, 2.75) is 6.92 Å². The van der Waals surface area contributed by atoms with E-state index in [1.807, 2.05) is 0 Å². The van der Waals surface area contributed by atoms with Gasteiger partial charge in [0.25, 0.3) is 5.91 Å². The summed E-state index contributed by atoms with van der Waals surface area (Å²) in [7, 11) is 1.75. The van der Waals surface area contributed by atoms with E-state index in [1.54, 1.807) is 24.7 Å². The molecule has 0 saturated carbocycles. The van der Waals surface area contributed by atoms with Crippen molar-refractivity contribution in [3.05, 3.63) is 46.7 Å². The third kappa shape index (κ3) is 5.48. The van der Waals surface area contributed by atoms with Crippen molar-refractivity contribution in [3.8, 4) is 5.75 Å². The monoisotopic (exact) mass is 439 g/mol. The smallest absolute Gasteiger partial charge is 0.546 e. The number of ether oxygens (including phenoxy) is 1. The third-order valence-corrected chi connectivity index (χ3v) is 4.18. The summed E-state index contributed by atoms with van der Waals surface area (Å²) in [5, 5.41) is 20.1. The molecule has 2 aromatic heterocycles. The fourth-order valence-corrected chi connectivity index (χ4v) is 2.84. The number of anilines is 1. The molecule has 2 heterocycles. The van der Waals surface area contributed by atoms with Gasteiger partial charge in [0, 0.05) is 24.3 Å². The van der Waals surface area contributed by atoms with Crippen LogP contribution in [0.3, 0.4) is 0 Å². The number of aryl methyl sites for hydroxylation is 2. The van der Waals surface area contributed by atoms with Gasteiger partial charge in [0.05, 0.1) is 22.2 Å². The molecular weight excluding hydrogens is 425 g/mol. The standard InChI is InChI=1S/C18H16ClN5O5.Na/c1-9-12-5-10(7-20-16(12)24(2)23-9)17(27)22-18(28)21-11-3-4-14(13(19)6-11)29-8-15(25)26;/h3-7H,8H2,1-2H3,(H,25,26)(H2,21,22,27,28);/q;+1/p-1. The average Bonchev–Trinajstić information content (AvgIpc) is 2.94. The zero-order valence-corrected chi connectivity index (χ0v) is 19.1. The van der Waals surface area contributed by atoms with Gasteiger partial charge in [0.2, 0.25) is 0 Å². The molecule has 0 saturated heterocycles. The molecule has 150 valence electrons. The van der Waals surface area contributed by atoms with E-state index in [0.717, 1.165) is 0 Å². The van der Waals surface area contributed by atoms with Gasteiger partial charge in [-0.3, -0.25) is 14.8 Å². The van der Waals surface area contributed by atoms with Crippen molar-refractivity contribution in [1.29, 1.82) is 0 Å². The summed E-state index contributed by atoms with van der Waals surface area (Å²) in [5.41, 5.74) is 1.81. The van der Waals surface area contributed by atoms with E-state index in [9.17, 15) is 19.5 Å². The number of carbonyl (C=O) groups excluding carboxylic acids is 3. The second-order valence-electron chi connectivity index (χ2n) is 6.02. The fourth-order valence-electron chi connectivity index (χ4n) is 2.60. The number of nitrogens with zero attached hydrogens (tertiary/aromatic N) is 3. The quantitative estimate of drug-likeness (QED) is 0.439. The van der Waals surface area contributed by atoms with E-state index >= 15 is 0 Å². The Morgan fingerprint density at radius 2 is 2.00 bits per heavy atom. The van der Waals surface area contributed by atoms with Gasteiger partial charge in [-0.15, -0.1) is 0 Å². The maximum atomic E-state index is 12.3. The molecule has 3 amide bonds. The van der Waals surface area contributed by atoms with Crippen LogP contribution in [0.1, 0.15) is 16.1 Å². The second kappa shape index (κ2) is 9.90. The number of pyridine rings is 1. The van der Waals surface area contributed by atoms with Gasteiger partial charge in [-0.2, -0.15) is 5.10 Å². The zero-order valence-electron chi connectivity index (χ0n) is 16.4. The first-order valence-corrected chi connectivity index (χ1v) is 8.66. The first-order chi connectivity index (χ1) is 13.7. The number of amides is 3. The SMILES string of the molecule is Cc1nn(C)c2ncc(C(=O)NC(=O)Nc3ccc(OCC(=O)[O-])c(Cl)c3)cc12.[Na+]. The summed E-state index contributed by atoms with van der Waals surface area (Å²) in [6.45, 7) is 1.14. The minimum Gasteiger partial charge on any atom is -0.546 e. The second-order valence-corrected chi connectivity index (χ2v) is 6.43. The summed E-state index contributed by atoms with van der Waals surface area (Å²) in [6, 6.07) is 4.99. The van der Waals surface area contributed by atoms with E-state index in [4.69, 9.17) is 16.3 Å². The summed E-state index contributed by atoms with van der Waals surface area (Å²) in [5.74, 6) is -1.92. The van der Waals surface area contributed by atoms with Crippen LogP contribution in [0.25, 0.3) is 11.0 Å². The maximum Gasteiger partial charge on any atom is 1.00 e. The predicted molar refractivity (Wildman–Crippen MR) is 102 cm³/mol. The van der Waals surface area contributed by atoms with Crippen molar-refractivity contribution in [2.75, 3.05) is 11.9 Å². The van der Waals surface area contributed by atoms with Crippen LogP contribution < -0.4 is 50.0 Å². The van der Waals surface area contributed by atoms with Gasteiger partial charge in [-0.25, -0.2) is 9.78 Å². The van der Waals surface area contributed by atoms with Crippen LogP contribution >= 0.6 is 11.6 Å². The number of carbonyl (C=O) groups is 3. The van der Waals surface area contributed by atoms with E-state index < -0.39 is 24.5 Å². The van der Waals surface area contributed by atoms with Gasteiger partial charge in [0.15, 0.2) is 5.65 Å². The number of halogens is 1. The summed E-state index contributed by atoms with van der Waals surface area (Å²) < 4.78 is 6.54. The number of fused-ring (bicyclic) bond motifs is 1. The molecular formula is C18H15ClN5NaO5. The van der Waals surface area contributed by atoms with Crippen molar-refractivity contribution in [3.63, 3.8) is 0 Å². The third-order valence-electron chi connectivity index (χ3n) is 3.89. The maximum absolute atomic E-state index is 12.3. The minimum absolute atomic E-state index is 0. The molecule has 0 unspecified atom stereocenters. The van der Waals surface area contributed by atoms with Gasteiger partial charge in [-0.05, 0) is 31.2 Å². The average molecular weight is 440 g/mol. The number of aromatic nitrogens is 3. The van der Waals surface area contributed by atoms with Crippen LogP contribution in [0.15, 0.2) is 30.5 Å². The van der Waals surface area contributed by atoms with Gasteiger partial charge in [0.1, 0.15) is 12.4 Å². The number of carboxylic acid groups (broad SMARTS) is 1. The van der Waals surface area contributed by atoms with E-state index in [1.165, 1.54) is 24.4 Å². The molecule has 3 rings (SSSR count). The molecule has 30 heavy (non-hydrogen) atoms. The van der Waals surface area contributed by atoms with Crippen LogP contribution in [-0.4, -0.2) is 39.3 Å². The number of hydrogen-bond donors (Lipinski definition) is 2. The molecule has 0 aliphatic carbocycles. The molecule has 0 fully saturated rings. The molecule has 0 bridgehead atoms. The predicted octanol–water partition coefficient (Wildman–Crippen LogP) is -1.98. The molecule has 10 nitrogen and oxygen atoms in total. The molecule has 3 aromatic rings. The Morgan fingerprint density at radius 3 is 2.67 bits per heavy atom. The van der Waals surface area contributed by atoms with Crippen molar-refractivity contribution < 1.29 is 53.8 Å². The fraction of sp³-hybridized carbons (Fsp3) is 0.167. The summed E-state index contributed by atoms with van der Waals surface area (Å²) >= 11 is 5.98. The van der Waals surface area contributed by atoms with Crippen molar-refractivity contribution in [2.24, 2.45) is 7.05 Å². The number of aliphatic carboxylic acids is 1. The van der Waals surface area contributed by atoms with Crippen LogP contribution in [0, 0.1) is 6.92 Å². The Hall–Kier alpha value is -2.66. The molecule has 0 aliphatic rings. The first kappa shape index (κ1) is 23.6. The number of imide groups is 1. The van der Waals surface area contributed by atoms with Crippen molar-refractivity contribution >= 4 is 46.2 Å². The zero-order chi connectivity index (χ0) is 21.1. The Morgan fingerprint density at radius 1 is 1.27 bits per heavy atom. The molecule has 1 aromatic carbocycles. The van der Waals surface area contributed by atoms with E-state index in [2.05, 4.69) is 20.7 Å². The van der Waals surface area contributed by atoms with Crippen LogP contribution in [0.4, 0.5) is 10.5 Å². The number of nitrogens with one attached hydrogen (secondary N) is 2. The molecule has 12 heteroatoms. The first-order valence-electron chi connectivity index (χ1n) is 8.28. The van der Waals surface area contributed by atoms with Gasteiger partial charge < -0.3 is 20.0 Å². The number of carboxylic acids is 1. The molecule has 0 spiro atoms. The van der Waals surface area contributed by atoms with Crippen LogP contribution in [-0.2, 0) is 11.8 Å². The largest absolute Gasteiger partial charge is 1.00 e. The number of rotatable bonds is 5. The Kier molecular flexibility index (Phi) is 7.79.